The van der Waals surface area contributed by atoms with Crippen molar-refractivity contribution in [1.82, 2.24) is 14.5 Å². The summed E-state index contributed by atoms with van der Waals surface area (Å²) in [5.41, 5.74) is 1.66. The summed E-state index contributed by atoms with van der Waals surface area (Å²) in [6.45, 7) is 3.57. The van der Waals surface area contributed by atoms with E-state index in [0.29, 0.717) is 58.6 Å². The van der Waals surface area contributed by atoms with Gasteiger partial charge in [-0.05, 0) is 55.9 Å². The van der Waals surface area contributed by atoms with Gasteiger partial charge in [-0.2, -0.15) is 0 Å². The molecule has 1 N–H and O–H groups in total. The molecule has 1 atom stereocenters. The average molecular weight is 661 g/mol. The number of hydrogen-bond donors (Lipinski definition) is 1. The van der Waals surface area contributed by atoms with Crippen LogP contribution in [0.5, 0.6) is 5.75 Å². The Morgan fingerprint density at radius 3 is 2.69 bits per heavy atom. The van der Waals surface area contributed by atoms with Crippen LogP contribution in [0.15, 0.2) is 102 Å². The molecule has 0 bridgehead atoms. The van der Waals surface area contributed by atoms with Gasteiger partial charge in [0.05, 0.1) is 29.5 Å². The Bertz CT molecular complexity index is 2200. The SMILES string of the molecule is CCOC(=O)C1=C(c2ccccc2)N=c2s/c(=C\c3ccc(Sc4nc(C)cc(=O)[nH]4)o3)c(=O)n2[C@@H]1c1cc(Cl)ccc1OC. The van der Waals surface area contributed by atoms with E-state index in [1.165, 1.54) is 17.7 Å². The third-order valence-corrected chi connectivity index (χ3v) is 8.81. The monoisotopic (exact) mass is 660 g/mol. The summed E-state index contributed by atoms with van der Waals surface area (Å²) in [5.74, 6) is 0.227. The summed E-state index contributed by atoms with van der Waals surface area (Å²) in [4.78, 5) is 51.9. The van der Waals surface area contributed by atoms with Crippen LogP contribution in [-0.2, 0) is 9.53 Å². The molecular formula is C32H25ClN4O6S2. The smallest absolute Gasteiger partial charge is 0.338 e. The van der Waals surface area contributed by atoms with E-state index in [2.05, 4.69) is 9.97 Å². The predicted molar refractivity (Wildman–Crippen MR) is 171 cm³/mol. The number of thiazole rings is 1. The molecule has 0 unspecified atom stereocenters. The maximum atomic E-state index is 14.2. The van der Waals surface area contributed by atoms with Crippen LogP contribution >= 0.6 is 34.7 Å². The van der Waals surface area contributed by atoms with Crippen molar-refractivity contribution in [2.24, 2.45) is 4.99 Å². The first-order chi connectivity index (χ1) is 21.7. The Labute approximate surface area is 269 Å². The highest BCUT2D eigenvalue weighted by Gasteiger charge is 2.37. The topological polar surface area (TPSA) is 129 Å². The second kappa shape index (κ2) is 12.8. The number of aryl methyl sites for hydroxylation is 1. The molecule has 10 nitrogen and oxygen atoms in total. The zero-order valence-corrected chi connectivity index (χ0v) is 26.6. The van der Waals surface area contributed by atoms with Gasteiger partial charge in [0.1, 0.15) is 17.6 Å². The summed E-state index contributed by atoms with van der Waals surface area (Å²) in [6, 6.07) is 18.2. The molecular weight excluding hydrogens is 636 g/mol. The zero-order valence-electron chi connectivity index (χ0n) is 24.2. The van der Waals surface area contributed by atoms with Crippen LogP contribution < -0.4 is 25.2 Å². The van der Waals surface area contributed by atoms with Gasteiger partial charge < -0.3 is 18.9 Å². The van der Waals surface area contributed by atoms with Crippen molar-refractivity contribution in [1.29, 1.82) is 0 Å². The minimum absolute atomic E-state index is 0.124. The molecule has 13 heteroatoms. The van der Waals surface area contributed by atoms with Gasteiger partial charge in [0.2, 0.25) is 0 Å². The van der Waals surface area contributed by atoms with E-state index in [9.17, 15) is 14.4 Å². The number of carbonyl (C=O) groups excluding carboxylic acids is 1. The number of aromatic nitrogens is 3. The fourth-order valence-electron chi connectivity index (χ4n) is 4.94. The molecule has 0 amide bonds. The number of nitrogens with one attached hydrogen (secondary N) is 1. The largest absolute Gasteiger partial charge is 0.496 e. The zero-order chi connectivity index (χ0) is 31.7. The molecule has 1 aliphatic heterocycles. The average Bonchev–Trinajstić information content (AvgIpc) is 3.59. The second-order valence-electron chi connectivity index (χ2n) is 9.77. The number of carbonyl (C=O) groups is 1. The number of rotatable bonds is 8. The van der Waals surface area contributed by atoms with Gasteiger partial charge in [0.15, 0.2) is 15.1 Å². The molecule has 0 spiro atoms. The molecule has 45 heavy (non-hydrogen) atoms. The van der Waals surface area contributed by atoms with Crippen molar-refractivity contribution >= 4 is 52.4 Å². The van der Waals surface area contributed by atoms with Crippen LogP contribution in [0.25, 0.3) is 11.8 Å². The Hall–Kier alpha value is -4.65. The summed E-state index contributed by atoms with van der Waals surface area (Å²) in [5, 5.41) is 1.26. The van der Waals surface area contributed by atoms with E-state index >= 15 is 0 Å². The normalized spacial score (nSPS) is 14.7. The Kier molecular flexibility index (Phi) is 8.61. The summed E-state index contributed by atoms with van der Waals surface area (Å²) in [7, 11) is 1.51. The number of H-pyrrole nitrogens is 1. The summed E-state index contributed by atoms with van der Waals surface area (Å²) < 4.78 is 18.9. The number of halogens is 1. The van der Waals surface area contributed by atoms with Crippen LogP contribution in [0.1, 0.15) is 35.5 Å². The van der Waals surface area contributed by atoms with Crippen molar-refractivity contribution in [2.75, 3.05) is 13.7 Å². The molecule has 3 aromatic heterocycles. The molecule has 1 aliphatic rings. The van der Waals surface area contributed by atoms with E-state index in [4.69, 9.17) is 30.5 Å². The van der Waals surface area contributed by atoms with Gasteiger partial charge in [0, 0.05) is 34.0 Å². The molecule has 0 radical (unpaired) electrons. The number of hydrogen-bond acceptors (Lipinski definition) is 10. The number of aromatic amines is 1. The van der Waals surface area contributed by atoms with Crippen LogP contribution in [0.2, 0.25) is 5.02 Å². The van der Waals surface area contributed by atoms with Crippen molar-refractivity contribution in [2.45, 2.75) is 30.1 Å². The number of fused-ring (bicyclic) bond motifs is 1. The number of methoxy groups -OCH3 is 1. The fraction of sp³-hybridized carbons (Fsp3) is 0.156. The van der Waals surface area contributed by atoms with Gasteiger partial charge in [-0.25, -0.2) is 14.8 Å². The Balaban J connectivity index is 1.54. The first-order valence-electron chi connectivity index (χ1n) is 13.7. The van der Waals surface area contributed by atoms with E-state index in [0.717, 1.165) is 23.1 Å². The van der Waals surface area contributed by atoms with Crippen LogP contribution in [0.4, 0.5) is 0 Å². The number of benzene rings is 2. The first kappa shape index (κ1) is 30.4. The lowest BCUT2D eigenvalue weighted by Gasteiger charge is -2.27. The van der Waals surface area contributed by atoms with Crippen LogP contribution in [0.3, 0.4) is 0 Å². The molecule has 2 aromatic carbocycles. The van der Waals surface area contributed by atoms with Crippen molar-refractivity contribution < 1.29 is 18.7 Å². The van der Waals surface area contributed by atoms with Gasteiger partial charge in [-0.3, -0.25) is 14.2 Å². The third-order valence-electron chi connectivity index (χ3n) is 6.78. The van der Waals surface area contributed by atoms with Gasteiger partial charge in [0.25, 0.3) is 11.1 Å². The van der Waals surface area contributed by atoms with Crippen molar-refractivity contribution in [3.8, 4) is 5.75 Å². The van der Waals surface area contributed by atoms with Gasteiger partial charge >= 0.3 is 5.97 Å². The number of esters is 1. The quantitative estimate of drug-likeness (QED) is 0.187. The Morgan fingerprint density at radius 2 is 1.96 bits per heavy atom. The number of furan rings is 1. The lowest BCUT2D eigenvalue weighted by molar-refractivity contribution is -0.138. The lowest BCUT2D eigenvalue weighted by Crippen LogP contribution is -2.40. The van der Waals surface area contributed by atoms with Crippen molar-refractivity contribution in [3.05, 3.63) is 130 Å². The molecule has 5 aromatic rings. The molecule has 0 saturated heterocycles. The van der Waals surface area contributed by atoms with E-state index in [-0.39, 0.29) is 17.7 Å². The molecule has 0 aliphatic carbocycles. The number of nitrogens with zero attached hydrogens (tertiary/aromatic N) is 3. The maximum Gasteiger partial charge on any atom is 0.338 e. The van der Waals surface area contributed by atoms with Gasteiger partial charge in [-0.1, -0.05) is 53.3 Å². The molecule has 0 fully saturated rings. The molecule has 6 rings (SSSR count). The summed E-state index contributed by atoms with van der Waals surface area (Å²) in [6.07, 6.45) is 1.61. The number of ether oxygens (including phenoxy) is 2. The molecule has 4 heterocycles. The van der Waals surface area contributed by atoms with E-state index in [1.54, 1.807) is 50.3 Å². The maximum absolute atomic E-state index is 14.2. The Morgan fingerprint density at radius 1 is 1.16 bits per heavy atom. The highest BCUT2D eigenvalue weighted by molar-refractivity contribution is 7.99. The predicted octanol–water partition coefficient (Wildman–Crippen LogP) is 4.73. The van der Waals surface area contributed by atoms with E-state index in [1.807, 2.05) is 30.3 Å². The lowest BCUT2D eigenvalue weighted by atomic mass is 9.92. The standard InChI is InChI=1S/C32H25ClN4O6S2/c1-4-42-30(40)26-27(18-8-6-5-7-9-18)36-32-37(28(26)21-15-19(33)10-12-22(21)41-3)29(39)23(44-32)16-20-11-13-25(43-20)45-31-34-17(2)14-24(38)35-31/h5-16,28H,4H2,1-3H3,(H,34,35,38)/b23-16-/t28-/m1/s1. The third kappa shape index (κ3) is 6.17. The van der Waals surface area contributed by atoms with E-state index < -0.39 is 17.6 Å². The molecule has 0 saturated carbocycles. The highest BCUT2D eigenvalue weighted by Crippen LogP contribution is 2.39. The van der Waals surface area contributed by atoms with Crippen LogP contribution in [0, 0.1) is 6.92 Å². The minimum Gasteiger partial charge on any atom is -0.496 e. The van der Waals surface area contributed by atoms with Crippen LogP contribution in [-0.4, -0.2) is 34.2 Å². The molecule has 228 valence electrons. The van der Waals surface area contributed by atoms with Crippen molar-refractivity contribution in [3.63, 3.8) is 0 Å². The first-order valence-corrected chi connectivity index (χ1v) is 15.7. The second-order valence-corrected chi connectivity index (χ2v) is 12.2. The fourth-order valence-corrected chi connectivity index (χ4v) is 6.91. The minimum atomic E-state index is -0.960. The highest BCUT2D eigenvalue weighted by atomic mass is 35.5. The summed E-state index contributed by atoms with van der Waals surface area (Å²) >= 11 is 8.76. The van der Waals surface area contributed by atoms with Gasteiger partial charge in [-0.15, -0.1) is 0 Å².